The molecular formula is C14H18N2O. The summed E-state index contributed by atoms with van der Waals surface area (Å²) < 4.78 is 1.85. The van der Waals surface area contributed by atoms with E-state index in [9.17, 15) is 5.11 Å². The standard InChI is InChI=1S/C14H18N2O/c1-11-5-3-4-6-13(11)14(17)8-7-12-9-10-15-16(12)2/h3-6,9-10,14,17H,7-8H2,1-2H3. The maximum atomic E-state index is 10.2. The molecular weight excluding hydrogens is 212 g/mol. The quantitative estimate of drug-likeness (QED) is 0.875. The van der Waals surface area contributed by atoms with E-state index in [0.717, 1.165) is 29.7 Å². The van der Waals surface area contributed by atoms with Crippen LogP contribution in [0.1, 0.15) is 29.3 Å². The molecule has 0 aliphatic carbocycles. The van der Waals surface area contributed by atoms with Crippen molar-refractivity contribution in [3.05, 3.63) is 53.3 Å². The van der Waals surface area contributed by atoms with E-state index < -0.39 is 6.10 Å². The van der Waals surface area contributed by atoms with Crippen molar-refractivity contribution in [1.82, 2.24) is 9.78 Å². The highest BCUT2D eigenvalue weighted by Crippen LogP contribution is 2.21. The maximum Gasteiger partial charge on any atom is 0.0796 e. The van der Waals surface area contributed by atoms with Crippen molar-refractivity contribution in [2.24, 2.45) is 7.05 Å². The summed E-state index contributed by atoms with van der Waals surface area (Å²) >= 11 is 0. The molecule has 0 radical (unpaired) electrons. The van der Waals surface area contributed by atoms with E-state index in [1.165, 1.54) is 0 Å². The molecule has 2 rings (SSSR count). The van der Waals surface area contributed by atoms with Gasteiger partial charge in [-0.1, -0.05) is 24.3 Å². The first-order chi connectivity index (χ1) is 8.18. The minimum Gasteiger partial charge on any atom is -0.388 e. The zero-order chi connectivity index (χ0) is 12.3. The lowest BCUT2D eigenvalue weighted by Gasteiger charge is -2.13. The lowest BCUT2D eigenvalue weighted by Crippen LogP contribution is -2.04. The number of aromatic nitrogens is 2. The van der Waals surface area contributed by atoms with Gasteiger partial charge >= 0.3 is 0 Å². The molecule has 1 unspecified atom stereocenters. The highest BCUT2D eigenvalue weighted by atomic mass is 16.3. The van der Waals surface area contributed by atoms with E-state index in [4.69, 9.17) is 0 Å². The molecule has 0 spiro atoms. The highest BCUT2D eigenvalue weighted by Gasteiger charge is 2.10. The topological polar surface area (TPSA) is 38.1 Å². The number of aryl methyl sites for hydroxylation is 3. The smallest absolute Gasteiger partial charge is 0.0796 e. The Labute approximate surface area is 102 Å². The van der Waals surface area contributed by atoms with E-state index in [0.29, 0.717) is 0 Å². The van der Waals surface area contributed by atoms with Gasteiger partial charge in [0.25, 0.3) is 0 Å². The number of hydrogen-bond donors (Lipinski definition) is 1. The average Bonchev–Trinajstić information content (AvgIpc) is 2.72. The summed E-state index contributed by atoms with van der Waals surface area (Å²) in [5.41, 5.74) is 3.32. The molecule has 0 fully saturated rings. The van der Waals surface area contributed by atoms with Crippen LogP contribution in [0.3, 0.4) is 0 Å². The van der Waals surface area contributed by atoms with E-state index in [-0.39, 0.29) is 0 Å². The average molecular weight is 230 g/mol. The fraction of sp³-hybridized carbons (Fsp3) is 0.357. The van der Waals surface area contributed by atoms with Gasteiger partial charge in [0.2, 0.25) is 0 Å². The first kappa shape index (κ1) is 11.9. The molecule has 0 saturated carbocycles. The van der Waals surface area contributed by atoms with Crippen LogP contribution in [0.2, 0.25) is 0 Å². The second-order valence-corrected chi connectivity index (χ2v) is 4.36. The second-order valence-electron chi connectivity index (χ2n) is 4.36. The van der Waals surface area contributed by atoms with Crippen LogP contribution < -0.4 is 0 Å². The Balaban J connectivity index is 2.01. The molecule has 0 saturated heterocycles. The molecule has 17 heavy (non-hydrogen) atoms. The summed E-state index contributed by atoms with van der Waals surface area (Å²) in [6.07, 6.45) is 2.96. The van der Waals surface area contributed by atoms with Gasteiger partial charge in [0, 0.05) is 18.9 Å². The molecule has 0 bridgehead atoms. The Morgan fingerprint density at radius 1 is 1.29 bits per heavy atom. The summed E-state index contributed by atoms with van der Waals surface area (Å²) in [7, 11) is 1.93. The predicted molar refractivity (Wildman–Crippen MR) is 67.7 cm³/mol. The SMILES string of the molecule is Cc1ccccc1C(O)CCc1ccnn1C. The first-order valence-corrected chi connectivity index (χ1v) is 5.89. The van der Waals surface area contributed by atoms with Crippen LogP contribution in [0.15, 0.2) is 36.5 Å². The lowest BCUT2D eigenvalue weighted by molar-refractivity contribution is 0.166. The largest absolute Gasteiger partial charge is 0.388 e. The van der Waals surface area contributed by atoms with E-state index in [1.54, 1.807) is 6.20 Å². The molecule has 1 heterocycles. The monoisotopic (exact) mass is 230 g/mol. The van der Waals surface area contributed by atoms with E-state index in [1.807, 2.05) is 49.0 Å². The highest BCUT2D eigenvalue weighted by molar-refractivity contribution is 5.27. The third kappa shape index (κ3) is 2.74. The van der Waals surface area contributed by atoms with Crippen molar-refractivity contribution in [3.8, 4) is 0 Å². The normalized spacial score (nSPS) is 12.6. The van der Waals surface area contributed by atoms with Crippen molar-refractivity contribution < 1.29 is 5.11 Å². The number of aliphatic hydroxyl groups is 1. The minimum atomic E-state index is -0.397. The Bertz CT molecular complexity index is 490. The minimum absolute atomic E-state index is 0.397. The Morgan fingerprint density at radius 3 is 2.71 bits per heavy atom. The Kier molecular flexibility index (Phi) is 3.59. The molecule has 0 aliphatic rings. The van der Waals surface area contributed by atoms with Crippen LogP contribution in [0.25, 0.3) is 0 Å². The molecule has 0 amide bonds. The van der Waals surface area contributed by atoms with Crippen molar-refractivity contribution in [2.45, 2.75) is 25.9 Å². The van der Waals surface area contributed by atoms with E-state index >= 15 is 0 Å². The van der Waals surface area contributed by atoms with E-state index in [2.05, 4.69) is 5.10 Å². The number of rotatable bonds is 4. The van der Waals surface area contributed by atoms with Crippen LogP contribution in [0.4, 0.5) is 0 Å². The van der Waals surface area contributed by atoms with Gasteiger partial charge in [-0.25, -0.2) is 0 Å². The van der Waals surface area contributed by atoms with Crippen LogP contribution in [-0.2, 0) is 13.5 Å². The molecule has 1 aromatic carbocycles. The summed E-state index contributed by atoms with van der Waals surface area (Å²) in [6.45, 7) is 2.03. The van der Waals surface area contributed by atoms with Gasteiger partial charge < -0.3 is 5.11 Å². The number of benzene rings is 1. The zero-order valence-electron chi connectivity index (χ0n) is 10.3. The molecule has 90 valence electrons. The maximum absolute atomic E-state index is 10.2. The second kappa shape index (κ2) is 5.15. The Morgan fingerprint density at radius 2 is 2.06 bits per heavy atom. The molecule has 1 aromatic heterocycles. The van der Waals surface area contributed by atoms with Gasteiger partial charge in [-0.05, 0) is 37.0 Å². The Hall–Kier alpha value is -1.61. The molecule has 0 aliphatic heterocycles. The predicted octanol–water partition coefficient (Wildman–Crippen LogP) is 2.39. The first-order valence-electron chi connectivity index (χ1n) is 5.89. The van der Waals surface area contributed by atoms with Gasteiger partial charge in [-0.2, -0.15) is 5.10 Å². The van der Waals surface area contributed by atoms with Crippen molar-refractivity contribution in [2.75, 3.05) is 0 Å². The van der Waals surface area contributed by atoms with Crippen LogP contribution in [0.5, 0.6) is 0 Å². The fourth-order valence-electron chi connectivity index (χ4n) is 2.05. The third-order valence-corrected chi connectivity index (χ3v) is 3.14. The molecule has 1 atom stereocenters. The van der Waals surface area contributed by atoms with Crippen molar-refractivity contribution in [1.29, 1.82) is 0 Å². The van der Waals surface area contributed by atoms with Crippen molar-refractivity contribution in [3.63, 3.8) is 0 Å². The number of hydrogen-bond acceptors (Lipinski definition) is 2. The van der Waals surface area contributed by atoms with Gasteiger partial charge in [0.1, 0.15) is 0 Å². The van der Waals surface area contributed by atoms with Crippen LogP contribution >= 0.6 is 0 Å². The molecule has 3 nitrogen and oxygen atoms in total. The zero-order valence-corrected chi connectivity index (χ0v) is 10.3. The lowest BCUT2D eigenvalue weighted by atomic mass is 9.99. The summed E-state index contributed by atoms with van der Waals surface area (Å²) in [6, 6.07) is 9.97. The fourth-order valence-corrected chi connectivity index (χ4v) is 2.05. The van der Waals surface area contributed by atoms with Gasteiger partial charge in [-0.3, -0.25) is 4.68 Å². The van der Waals surface area contributed by atoms with Gasteiger partial charge in [0.15, 0.2) is 0 Å². The van der Waals surface area contributed by atoms with Gasteiger partial charge in [-0.15, -0.1) is 0 Å². The van der Waals surface area contributed by atoms with Gasteiger partial charge in [0.05, 0.1) is 6.10 Å². The molecule has 1 N–H and O–H groups in total. The molecule has 3 heteroatoms. The number of aliphatic hydroxyl groups excluding tert-OH is 1. The van der Waals surface area contributed by atoms with Crippen LogP contribution in [0, 0.1) is 6.92 Å². The summed E-state index contributed by atoms with van der Waals surface area (Å²) in [5, 5.41) is 14.3. The third-order valence-electron chi connectivity index (χ3n) is 3.14. The number of nitrogens with zero attached hydrogens (tertiary/aromatic N) is 2. The molecule has 2 aromatic rings. The summed E-state index contributed by atoms with van der Waals surface area (Å²) in [4.78, 5) is 0. The summed E-state index contributed by atoms with van der Waals surface area (Å²) in [5.74, 6) is 0. The van der Waals surface area contributed by atoms with Crippen LogP contribution in [-0.4, -0.2) is 14.9 Å². The van der Waals surface area contributed by atoms with Crippen molar-refractivity contribution >= 4 is 0 Å².